The molecule has 4 aromatic rings. The molecule has 33 heavy (non-hydrogen) atoms. The van der Waals surface area contributed by atoms with Gasteiger partial charge in [0.25, 0.3) is 11.8 Å². The van der Waals surface area contributed by atoms with Crippen molar-refractivity contribution in [3.05, 3.63) is 77.6 Å². The molecule has 1 aliphatic rings. The van der Waals surface area contributed by atoms with Crippen molar-refractivity contribution in [3.8, 4) is 5.88 Å². The van der Waals surface area contributed by atoms with Crippen molar-refractivity contribution in [2.45, 2.75) is 26.0 Å². The summed E-state index contributed by atoms with van der Waals surface area (Å²) >= 11 is 0. The fourth-order valence-electron chi connectivity index (χ4n) is 3.92. The molecule has 1 aliphatic heterocycles. The number of aromatic nitrogens is 4. The number of nitrogens with two attached hydrogens (primary N) is 1. The van der Waals surface area contributed by atoms with Crippen LogP contribution in [0.1, 0.15) is 39.1 Å². The Morgan fingerprint density at radius 1 is 0.848 bits per heavy atom. The first kappa shape index (κ1) is 20.6. The van der Waals surface area contributed by atoms with Crippen molar-refractivity contribution in [1.82, 2.24) is 24.4 Å². The minimum absolute atomic E-state index is 0.110. The van der Waals surface area contributed by atoms with Gasteiger partial charge in [0.1, 0.15) is 6.61 Å². The molecule has 2 N–H and O–H groups in total. The van der Waals surface area contributed by atoms with Gasteiger partial charge in [-0.15, -0.1) is 0 Å². The molecule has 0 saturated heterocycles. The summed E-state index contributed by atoms with van der Waals surface area (Å²) in [6, 6.07) is 16.7. The monoisotopic (exact) mass is 442 g/mol. The zero-order chi connectivity index (χ0) is 22.8. The summed E-state index contributed by atoms with van der Waals surface area (Å²) in [5, 5.41) is 0. The van der Waals surface area contributed by atoms with E-state index >= 15 is 0 Å². The van der Waals surface area contributed by atoms with Crippen LogP contribution in [0.15, 0.2) is 60.9 Å². The highest BCUT2D eigenvalue weighted by Crippen LogP contribution is 2.24. The third kappa shape index (κ3) is 4.00. The SMILES string of the molecule is Nc1nc(OCc2ccccc2)c2ncn(CCCCN3C(=O)c4ccccc4C3=O)c2n1. The second-order valence-corrected chi connectivity index (χ2v) is 7.79. The maximum absolute atomic E-state index is 12.5. The molecular weight excluding hydrogens is 420 g/mol. The number of hydrogen-bond acceptors (Lipinski definition) is 7. The second kappa shape index (κ2) is 8.70. The number of nitrogen functional groups attached to an aromatic ring is 1. The number of anilines is 1. The maximum Gasteiger partial charge on any atom is 0.261 e. The molecule has 0 fully saturated rings. The molecule has 0 radical (unpaired) electrons. The highest BCUT2D eigenvalue weighted by molar-refractivity contribution is 6.21. The van der Waals surface area contributed by atoms with Crippen LogP contribution in [0, 0.1) is 0 Å². The topological polar surface area (TPSA) is 116 Å². The number of ether oxygens (including phenoxy) is 1. The molecule has 5 rings (SSSR count). The molecule has 0 bridgehead atoms. The van der Waals surface area contributed by atoms with Gasteiger partial charge in [-0.1, -0.05) is 42.5 Å². The minimum Gasteiger partial charge on any atom is -0.471 e. The van der Waals surface area contributed by atoms with Gasteiger partial charge in [0.2, 0.25) is 11.8 Å². The molecule has 0 aliphatic carbocycles. The average molecular weight is 442 g/mol. The molecule has 3 heterocycles. The van der Waals surface area contributed by atoms with E-state index in [4.69, 9.17) is 10.5 Å². The van der Waals surface area contributed by atoms with E-state index in [1.807, 2.05) is 34.9 Å². The van der Waals surface area contributed by atoms with Crippen molar-refractivity contribution in [3.63, 3.8) is 0 Å². The third-order valence-electron chi connectivity index (χ3n) is 5.58. The number of imide groups is 1. The first-order valence-electron chi connectivity index (χ1n) is 10.7. The number of aryl methyl sites for hydroxylation is 1. The molecule has 0 spiro atoms. The Morgan fingerprint density at radius 3 is 2.24 bits per heavy atom. The van der Waals surface area contributed by atoms with E-state index in [0.29, 0.717) is 54.3 Å². The van der Waals surface area contributed by atoms with E-state index in [-0.39, 0.29) is 17.8 Å². The first-order valence-corrected chi connectivity index (χ1v) is 10.7. The van der Waals surface area contributed by atoms with Gasteiger partial charge < -0.3 is 15.0 Å². The van der Waals surface area contributed by atoms with E-state index < -0.39 is 0 Å². The second-order valence-electron chi connectivity index (χ2n) is 7.79. The van der Waals surface area contributed by atoms with E-state index in [1.54, 1.807) is 30.6 Å². The lowest BCUT2D eigenvalue weighted by molar-refractivity contribution is 0.0651. The van der Waals surface area contributed by atoms with Crippen LogP contribution in [0.2, 0.25) is 0 Å². The van der Waals surface area contributed by atoms with Crippen LogP contribution in [0.25, 0.3) is 11.2 Å². The van der Waals surface area contributed by atoms with Gasteiger partial charge in [0.15, 0.2) is 11.2 Å². The number of carbonyl (C=O) groups excluding carboxylic acids is 2. The van der Waals surface area contributed by atoms with Crippen molar-refractivity contribution < 1.29 is 14.3 Å². The Morgan fingerprint density at radius 2 is 1.52 bits per heavy atom. The molecule has 2 amide bonds. The molecule has 0 atom stereocenters. The van der Waals surface area contributed by atoms with Gasteiger partial charge in [0, 0.05) is 13.1 Å². The summed E-state index contributed by atoms with van der Waals surface area (Å²) in [6.45, 7) is 1.31. The largest absolute Gasteiger partial charge is 0.471 e. The molecular formula is C24H22N6O3. The number of carbonyl (C=O) groups is 2. The minimum atomic E-state index is -0.232. The highest BCUT2D eigenvalue weighted by Gasteiger charge is 2.34. The molecule has 166 valence electrons. The lowest BCUT2D eigenvalue weighted by Crippen LogP contribution is -2.30. The standard InChI is InChI=1S/C24H22N6O3/c25-24-27-20-19(21(28-24)33-14-16-8-2-1-3-9-16)26-15-29(20)12-6-7-13-30-22(31)17-10-4-5-11-18(17)23(30)32/h1-5,8-11,15H,6-7,12-14H2,(H2,25,27,28). The summed E-state index contributed by atoms with van der Waals surface area (Å²) in [5.41, 5.74) is 8.99. The number of benzene rings is 2. The quantitative estimate of drug-likeness (QED) is 0.329. The number of fused-ring (bicyclic) bond motifs is 2. The zero-order valence-corrected chi connectivity index (χ0v) is 17.8. The predicted octanol–water partition coefficient (Wildman–Crippen LogP) is 3.06. The van der Waals surface area contributed by atoms with E-state index in [0.717, 1.165) is 12.0 Å². The van der Waals surface area contributed by atoms with Crippen LogP contribution in [0.3, 0.4) is 0 Å². The van der Waals surface area contributed by atoms with Crippen molar-refractivity contribution >= 4 is 28.9 Å². The maximum atomic E-state index is 12.5. The summed E-state index contributed by atoms with van der Waals surface area (Å²) in [6.07, 6.45) is 3.06. The fourth-order valence-corrected chi connectivity index (χ4v) is 3.92. The van der Waals surface area contributed by atoms with Crippen LogP contribution in [0.5, 0.6) is 5.88 Å². The van der Waals surface area contributed by atoms with Crippen LogP contribution in [0.4, 0.5) is 5.95 Å². The van der Waals surface area contributed by atoms with Gasteiger partial charge in [-0.05, 0) is 30.5 Å². The fraction of sp³-hybridized carbons (Fsp3) is 0.208. The summed E-state index contributed by atoms with van der Waals surface area (Å²) in [5.74, 6) is -0.0155. The summed E-state index contributed by atoms with van der Waals surface area (Å²) in [7, 11) is 0. The van der Waals surface area contributed by atoms with Gasteiger partial charge in [-0.3, -0.25) is 14.5 Å². The smallest absolute Gasteiger partial charge is 0.261 e. The number of hydrogen-bond donors (Lipinski definition) is 1. The molecule has 2 aromatic heterocycles. The molecule has 0 unspecified atom stereocenters. The Balaban J connectivity index is 1.23. The third-order valence-corrected chi connectivity index (χ3v) is 5.58. The van der Waals surface area contributed by atoms with E-state index in [1.165, 1.54) is 4.90 Å². The lowest BCUT2D eigenvalue weighted by atomic mass is 10.1. The van der Waals surface area contributed by atoms with Crippen LogP contribution in [-0.2, 0) is 13.2 Å². The van der Waals surface area contributed by atoms with Crippen LogP contribution >= 0.6 is 0 Å². The van der Waals surface area contributed by atoms with Crippen molar-refractivity contribution in [2.24, 2.45) is 0 Å². The van der Waals surface area contributed by atoms with Gasteiger partial charge in [-0.25, -0.2) is 4.98 Å². The first-order chi connectivity index (χ1) is 16.1. The summed E-state index contributed by atoms with van der Waals surface area (Å²) in [4.78, 5) is 39.2. The van der Waals surface area contributed by atoms with Gasteiger partial charge >= 0.3 is 0 Å². The molecule has 2 aromatic carbocycles. The van der Waals surface area contributed by atoms with E-state index in [9.17, 15) is 9.59 Å². The Labute approximate surface area is 189 Å². The number of amides is 2. The molecule has 9 nitrogen and oxygen atoms in total. The Bertz CT molecular complexity index is 1300. The normalized spacial score (nSPS) is 13.0. The average Bonchev–Trinajstić information content (AvgIpc) is 3.35. The van der Waals surface area contributed by atoms with Crippen molar-refractivity contribution in [2.75, 3.05) is 12.3 Å². The van der Waals surface area contributed by atoms with Crippen molar-refractivity contribution in [1.29, 1.82) is 0 Å². The Kier molecular flexibility index (Phi) is 5.43. The zero-order valence-electron chi connectivity index (χ0n) is 17.8. The highest BCUT2D eigenvalue weighted by atomic mass is 16.5. The van der Waals surface area contributed by atoms with Gasteiger partial charge in [0.05, 0.1) is 17.5 Å². The molecule has 9 heteroatoms. The lowest BCUT2D eigenvalue weighted by Gasteiger charge is -2.13. The van der Waals surface area contributed by atoms with Crippen LogP contribution in [-0.4, -0.2) is 42.8 Å². The van der Waals surface area contributed by atoms with Crippen LogP contribution < -0.4 is 10.5 Å². The number of rotatable bonds is 8. The number of unbranched alkanes of at least 4 members (excludes halogenated alkanes) is 1. The summed E-state index contributed by atoms with van der Waals surface area (Å²) < 4.78 is 7.74. The molecule has 0 saturated carbocycles. The number of nitrogens with zero attached hydrogens (tertiary/aromatic N) is 5. The number of imidazole rings is 1. The van der Waals surface area contributed by atoms with Gasteiger partial charge in [-0.2, -0.15) is 9.97 Å². The van der Waals surface area contributed by atoms with E-state index in [2.05, 4.69) is 15.0 Å². The Hall–Kier alpha value is -4.27. The predicted molar refractivity (Wildman–Crippen MR) is 122 cm³/mol.